The molecular weight excluding hydrogens is 1260 g/mol. The second-order valence-electron chi connectivity index (χ2n) is 24.5. The van der Waals surface area contributed by atoms with Gasteiger partial charge in [-0.2, -0.15) is 0 Å². The Labute approximate surface area is 581 Å². The highest BCUT2D eigenvalue weighted by atomic mass is 31.2. The van der Waals surface area contributed by atoms with Crippen molar-refractivity contribution in [1.29, 1.82) is 0 Å². The van der Waals surface area contributed by atoms with Crippen LogP contribution in [0.25, 0.3) is 0 Å². The number of aliphatic hydroxyl groups is 1. The molecule has 0 spiro atoms. The van der Waals surface area contributed by atoms with E-state index in [2.05, 4.69) is 137 Å². The molecule has 0 rings (SSSR count). The minimum absolute atomic E-state index is 0.0679. The number of ether oxygens (including phenoxy) is 4. The molecule has 0 fully saturated rings. The van der Waals surface area contributed by atoms with Crippen LogP contribution in [0.1, 0.15) is 297 Å². The molecule has 0 heterocycles. The molecule has 0 radical (unpaired) electrons. The van der Waals surface area contributed by atoms with Crippen molar-refractivity contribution in [2.45, 2.75) is 316 Å². The van der Waals surface area contributed by atoms with Gasteiger partial charge in [-0.05, 0) is 141 Å². The van der Waals surface area contributed by atoms with Crippen LogP contribution in [0.15, 0.2) is 109 Å². The van der Waals surface area contributed by atoms with Gasteiger partial charge in [0.25, 0.3) is 0 Å². The Bertz CT molecular complexity index is 2250. The molecule has 0 saturated carbocycles. The summed E-state index contributed by atoms with van der Waals surface area (Å²) in [4.78, 5) is 72.7. The van der Waals surface area contributed by atoms with Crippen LogP contribution in [0.4, 0.5) is 0 Å². The highest BCUT2D eigenvalue weighted by molar-refractivity contribution is 7.47. The fraction of sp³-hybridized carbons (Fsp3) is 0.714. The van der Waals surface area contributed by atoms with Gasteiger partial charge in [0.15, 0.2) is 12.2 Å². The van der Waals surface area contributed by atoms with E-state index in [1.165, 1.54) is 38.5 Å². The quantitative estimate of drug-likeness (QED) is 0.0169. The lowest BCUT2D eigenvalue weighted by Gasteiger charge is -2.21. The molecule has 552 valence electrons. The van der Waals surface area contributed by atoms with Gasteiger partial charge >= 0.3 is 39.5 Å². The summed E-state index contributed by atoms with van der Waals surface area (Å²) in [7, 11) is -9.96. The van der Waals surface area contributed by atoms with Gasteiger partial charge in [-0.25, -0.2) is 9.13 Å². The Balaban J connectivity index is 5.37. The summed E-state index contributed by atoms with van der Waals surface area (Å²) in [5.41, 5.74) is 0. The third-order valence-corrected chi connectivity index (χ3v) is 17.1. The molecule has 0 saturated heterocycles. The number of aliphatic hydroxyl groups excluding tert-OH is 1. The van der Waals surface area contributed by atoms with Crippen LogP contribution in [-0.4, -0.2) is 96.7 Å². The molecule has 5 atom stereocenters. The molecule has 0 aromatic heterocycles. The molecule has 0 aliphatic rings. The van der Waals surface area contributed by atoms with Crippen molar-refractivity contribution in [3.05, 3.63) is 109 Å². The van der Waals surface area contributed by atoms with E-state index in [1.807, 2.05) is 0 Å². The van der Waals surface area contributed by atoms with Crippen molar-refractivity contribution < 1.29 is 80.2 Å². The lowest BCUT2D eigenvalue weighted by molar-refractivity contribution is -0.161. The number of phosphoric acid groups is 2. The third kappa shape index (κ3) is 68.3. The Hall–Kier alpha value is -4.28. The molecule has 3 N–H and O–H groups in total. The van der Waals surface area contributed by atoms with E-state index in [4.69, 9.17) is 37.0 Å². The van der Waals surface area contributed by atoms with Crippen LogP contribution < -0.4 is 0 Å². The number of carbonyl (C=O) groups excluding carboxylic acids is 4. The summed E-state index contributed by atoms with van der Waals surface area (Å²) < 4.78 is 68.3. The van der Waals surface area contributed by atoms with Gasteiger partial charge in [0.1, 0.15) is 19.3 Å². The Morgan fingerprint density at radius 3 is 0.875 bits per heavy atom. The number of carbonyl (C=O) groups is 4. The first kappa shape index (κ1) is 91.7. The fourth-order valence-corrected chi connectivity index (χ4v) is 11.1. The maximum atomic E-state index is 13.1. The molecule has 0 aliphatic heterocycles. The Kier molecular flexibility index (Phi) is 66.1. The standard InChI is InChI=1S/C77H132O17P2/c1-5-9-13-17-21-25-29-32-34-35-37-39-43-46-50-54-58-62-75(80)88-68-73(94-77(82)64-60-56-52-48-44-40-36-33-30-26-22-18-14-10-6-2)70-92-96(85,86)90-66-71(78)65-89-95(83,84)91-69-72(93-76(81)63-59-55-51-47-41-28-24-20-16-12-8-4)67-87-74(79)61-57-53-49-45-42-38-31-27-23-19-15-11-7-3/h9-10,13-14,20-22,24-27,31-34,36-37,39,71-73,78H,5-8,11-12,15-19,23,28-30,35,38,40-70H2,1-4H3,(H,83,84)(H,85,86)/b13-9-,14-10-,24-20-,25-21-,26-22-,31-27-,34-32-,36-33-,39-37-. The van der Waals surface area contributed by atoms with E-state index in [-0.39, 0.29) is 25.7 Å². The van der Waals surface area contributed by atoms with E-state index in [0.717, 1.165) is 180 Å². The number of allylic oxidation sites excluding steroid dienone is 18. The number of rotatable bonds is 69. The molecule has 17 nitrogen and oxygen atoms in total. The average Bonchev–Trinajstić information content (AvgIpc) is 2.18. The molecule has 0 aliphatic carbocycles. The molecule has 0 aromatic carbocycles. The predicted octanol–water partition coefficient (Wildman–Crippen LogP) is 21.0. The Morgan fingerprint density at radius 1 is 0.302 bits per heavy atom. The fourth-order valence-electron chi connectivity index (χ4n) is 9.55. The van der Waals surface area contributed by atoms with E-state index in [9.17, 15) is 43.2 Å². The summed E-state index contributed by atoms with van der Waals surface area (Å²) in [5.74, 6) is -2.24. The average molecular weight is 1390 g/mol. The second kappa shape index (κ2) is 69.2. The van der Waals surface area contributed by atoms with Gasteiger partial charge in [0, 0.05) is 25.7 Å². The first-order valence-electron chi connectivity index (χ1n) is 37.1. The number of phosphoric ester groups is 2. The third-order valence-electron chi connectivity index (χ3n) is 15.2. The van der Waals surface area contributed by atoms with Crippen molar-refractivity contribution >= 4 is 39.5 Å². The van der Waals surface area contributed by atoms with Gasteiger partial charge < -0.3 is 33.8 Å². The zero-order valence-corrected chi connectivity index (χ0v) is 61.8. The lowest BCUT2D eigenvalue weighted by atomic mass is 10.1. The van der Waals surface area contributed by atoms with Crippen LogP contribution in [0.3, 0.4) is 0 Å². The topological polar surface area (TPSA) is 237 Å². The predicted molar refractivity (Wildman–Crippen MR) is 390 cm³/mol. The number of esters is 4. The minimum Gasteiger partial charge on any atom is -0.462 e. The molecule has 96 heavy (non-hydrogen) atoms. The van der Waals surface area contributed by atoms with Crippen LogP contribution in [-0.2, 0) is 65.4 Å². The van der Waals surface area contributed by atoms with E-state index < -0.39 is 97.5 Å². The zero-order valence-electron chi connectivity index (χ0n) is 60.0. The van der Waals surface area contributed by atoms with Gasteiger partial charge in [0.2, 0.25) is 0 Å². The maximum Gasteiger partial charge on any atom is 0.472 e. The minimum atomic E-state index is -4.98. The van der Waals surface area contributed by atoms with Crippen molar-refractivity contribution in [2.24, 2.45) is 0 Å². The van der Waals surface area contributed by atoms with E-state index in [1.54, 1.807) is 0 Å². The largest absolute Gasteiger partial charge is 0.472 e. The summed E-state index contributed by atoms with van der Waals surface area (Å²) in [6.07, 6.45) is 72.3. The molecular formula is C77H132O17P2. The molecule has 19 heteroatoms. The molecule has 0 amide bonds. The monoisotopic (exact) mass is 1390 g/mol. The first-order valence-corrected chi connectivity index (χ1v) is 40.1. The van der Waals surface area contributed by atoms with Gasteiger partial charge in [-0.3, -0.25) is 37.3 Å². The van der Waals surface area contributed by atoms with Gasteiger partial charge in [-0.15, -0.1) is 0 Å². The normalized spacial score (nSPS) is 14.6. The zero-order chi connectivity index (χ0) is 70.4. The highest BCUT2D eigenvalue weighted by Gasteiger charge is 2.30. The number of unbranched alkanes of at least 4 members (excludes halogenated alkanes) is 25. The van der Waals surface area contributed by atoms with Crippen LogP contribution >= 0.6 is 15.6 Å². The van der Waals surface area contributed by atoms with Crippen molar-refractivity contribution in [3.63, 3.8) is 0 Å². The summed E-state index contributed by atoms with van der Waals surface area (Å²) >= 11 is 0. The van der Waals surface area contributed by atoms with Crippen LogP contribution in [0.2, 0.25) is 0 Å². The summed E-state index contributed by atoms with van der Waals surface area (Å²) in [6.45, 7) is 4.52. The van der Waals surface area contributed by atoms with Crippen molar-refractivity contribution in [1.82, 2.24) is 0 Å². The number of hydrogen-bond acceptors (Lipinski definition) is 15. The molecule has 0 bridgehead atoms. The molecule has 5 unspecified atom stereocenters. The van der Waals surface area contributed by atoms with Gasteiger partial charge in [-0.1, -0.05) is 240 Å². The summed E-state index contributed by atoms with van der Waals surface area (Å²) in [5, 5.41) is 10.6. The van der Waals surface area contributed by atoms with E-state index in [0.29, 0.717) is 25.7 Å². The lowest BCUT2D eigenvalue weighted by Crippen LogP contribution is -2.30. The highest BCUT2D eigenvalue weighted by Crippen LogP contribution is 2.45. The molecule has 0 aromatic rings. The second-order valence-corrected chi connectivity index (χ2v) is 27.4. The maximum absolute atomic E-state index is 13.1. The first-order chi connectivity index (χ1) is 46.7. The number of hydrogen-bond donors (Lipinski definition) is 3. The summed E-state index contributed by atoms with van der Waals surface area (Å²) in [6, 6.07) is 0. The van der Waals surface area contributed by atoms with E-state index >= 15 is 0 Å². The van der Waals surface area contributed by atoms with Gasteiger partial charge in [0.05, 0.1) is 26.4 Å². The van der Waals surface area contributed by atoms with Crippen LogP contribution in [0, 0.1) is 0 Å². The smallest absolute Gasteiger partial charge is 0.462 e. The van der Waals surface area contributed by atoms with Crippen molar-refractivity contribution in [3.8, 4) is 0 Å². The van der Waals surface area contributed by atoms with Crippen molar-refractivity contribution in [2.75, 3.05) is 39.6 Å². The van der Waals surface area contributed by atoms with Crippen LogP contribution in [0.5, 0.6) is 0 Å². The SMILES string of the molecule is CC/C=C\C/C=C\C/C=C\C/C=C\CCCCCCC(=O)OCC(COP(=O)(O)OCC(O)COP(=O)(O)OCC(COC(=O)CCCCCCC/C=C\CCCCCC)OC(=O)CCCCCCC/C=C\CCCC)OC(=O)CCCCCCC/C=C\C/C=C\C/C=C\CC. The Morgan fingerprint density at radius 2 is 0.552 bits per heavy atom.